The lowest BCUT2D eigenvalue weighted by atomic mass is 10.2. The Kier molecular flexibility index (Phi) is 6.70. The Labute approximate surface area is 149 Å². The van der Waals surface area contributed by atoms with E-state index in [0.29, 0.717) is 11.3 Å². The average Bonchev–Trinajstić information content (AvgIpc) is 2.48. The molecule has 0 radical (unpaired) electrons. The normalized spacial score (nSPS) is 12.8. The molecule has 1 N–H and O–H groups in total. The van der Waals surface area contributed by atoms with Crippen LogP contribution in [0.5, 0.6) is 0 Å². The summed E-state index contributed by atoms with van der Waals surface area (Å²) in [6.07, 6.45) is 0. The Morgan fingerprint density at radius 1 is 1.00 bits per heavy atom. The van der Waals surface area contributed by atoms with E-state index in [1.54, 1.807) is 13.0 Å². The molecule has 0 bridgehead atoms. The lowest BCUT2D eigenvalue weighted by molar-refractivity contribution is -0.116. The van der Waals surface area contributed by atoms with Crippen molar-refractivity contribution in [2.75, 3.05) is 47.1 Å². The standard InChI is InChI=1S/C14H24N4O5S2/c1-11-7-8-12(24(20,21)16(2)3)9-13(11)15-14(19)10-18(6)25(22,23)17(4)5/h7-9H,10H2,1-6H3,(H,15,19). The minimum absolute atomic E-state index is 0.0349. The van der Waals surface area contributed by atoms with Crippen LogP contribution in [0.1, 0.15) is 5.56 Å². The number of likely N-dealkylation sites (N-methyl/N-ethyl adjacent to an activating group) is 1. The second-order valence-electron chi connectivity index (χ2n) is 5.86. The number of nitrogens with one attached hydrogen (secondary N) is 1. The largest absolute Gasteiger partial charge is 0.325 e. The van der Waals surface area contributed by atoms with Crippen molar-refractivity contribution in [1.29, 1.82) is 0 Å². The first kappa shape index (κ1) is 21.5. The smallest absolute Gasteiger partial charge is 0.281 e. The lowest BCUT2D eigenvalue weighted by Crippen LogP contribution is -2.41. The Hall–Kier alpha value is -1.53. The summed E-state index contributed by atoms with van der Waals surface area (Å²) in [6, 6.07) is 4.37. The summed E-state index contributed by atoms with van der Waals surface area (Å²) in [5.41, 5.74) is 0.966. The van der Waals surface area contributed by atoms with Crippen molar-refractivity contribution in [2.24, 2.45) is 0 Å². The zero-order valence-corrected chi connectivity index (χ0v) is 16.8. The van der Waals surface area contributed by atoms with Gasteiger partial charge in [0.05, 0.1) is 11.4 Å². The summed E-state index contributed by atoms with van der Waals surface area (Å²) in [4.78, 5) is 12.2. The van der Waals surface area contributed by atoms with E-state index in [1.807, 2.05) is 0 Å². The summed E-state index contributed by atoms with van der Waals surface area (Å²) in [6.45, 7) is 1.31. The predicted molar refractivity (Wildman–Crippen MR) is 95.9 cm³/mol. The van der Waals surface area contributed by atoms with E-state index < -0.39 is 32.7 Å². The molecule has 0 aliphatic carbocycles. The number of anilines is 1. The molecule has 25 heavy (non-hydrogen) atoms. The van der Waals surface area contributed by atoms with Gasteiger partial charge in [0.15, 0.2) is 0 Å². The fourth-order valence-electron chi connectivity index (χ4n) is 1.86. The van der Waals surface area contributed by atoms with E-state index in [4.69, 9.17) is 0 Å². The maximum absolute atomic E-state index is 12.2. The van der Waals surface area contributed by atoms with Crippen LogP contribution in [0, 0.1) is 6.92 Å². The monoisotopic (exact) mass is 392 g/mol. The Balaban J connectivity index is 3.02. The van der Waals surface area contributed by atoms with Gasteiger partial charge in [-0.3, -0.25) is 4.79 Å². The van der Waals surface area contributed by atoms with Crippen molar-refractivity contribution in [3.8, 4) is 0 Å². The van der Waals surface area contributed by atoms with Gasteiger partial charge in [-0.1, -0.05) is 6.07 Å². The molecule has 0 atom stereocenters. The third-order valence-electron chi connectivity index (χ3n) is 3.48. The summed E-state index contributed by atoms with van der Waals surface area (Å²) in [5, 5.41) is 2.56. The zero-order chi connectivity index (χ0) is 19.6. The van der Waals surface area contributed by atoms with Gasteiger partial charge in [-0.25, -0.2) is 12.7 Å². The van der Waals surface area contributed by atoms with E-state index in [2.05, 4.69) is 5.32 Å². The molecule has 0 saturated heterocycles. The Bertz CT molecular complexity index is 848. The van der Waals surface area contributed by atoms with E-state index >= 15 is 0 Å². The molecule has 0 aliphatic heterocycles. The van der Waals surface area contributed by atoms with Crippen molar-refractivity contribution in [1.82, 2.24) is 12.9 Å². The molecule has 0 aliphatic rings. The number of carbonyl (C=O) groups is 1. The average molecular weight is 393 g/mol. The number of hydrogen-bond donors (Lipinski definition) is 1. The fourth-order valence-corrected chi connectivity index (χ4v) is 3.63. The molecule has 0 aromatic heterocycles. The van der Waals surface area contributed by atoms with Crippen LogP contribution in [0.3, 0.4) is 0 Å². The SMILES string of the molecule is Cc1ccc(S(=O)(=O)N(C)C)cc1NC(=O)CN(C)S(=O)(=O)N(C)C. The van der Waals surface area contributed by atoms with Crippen molar-refractivity contribution in [2.45, 2.75) is 11.8 Å². The number of amides is 1. The number of nitrogens with zero attached hydrogens (tertiary/aromatic N) is 3. The maximum Gasteiger partial charge on any atom is 0.281 e. The van der Waals surface area contributed by atoms with Crippen LogP contribution in [0.15, 0.2) is 23.1 Å². The molecular formula is C14H24N4O5S2. The maximum atomic E-state index is 12.2. The topological polar surface area (TPSA) is 107 Å². The number of aryl methyl sites for hydroxylation is 1. The van der Waals surface area contributed by atoms with Gasteiger partial charge in [-0.2, -0.15) is 17.0 Å². The molecular weight excluding hydrogens is 368 g/mol. The molecule has 0 heterocycles. The molecule has 0 fully saturated rings. The van der Waals surface area contributed by atoms with E-state index in [-0.39, 0.29) is 4.90 Å². The second-order valence-corrected chi connectivity index (χ2v) is 10.3. The minimum atomic E-state index is -3.71. The third-order valence-corrected chi connectivity index (χ3v) is 7.13. The molecule has 142 valence electrons. The van der Waals surface area contributed by atoms with Gasteiger partial charge in [0.1, 0.15) is 0 Å². The molecule has 1 amide bonds. The fraction of sp³-hybridized carbons (Fsp3) is 0.500. The highest BCUT2D eigenvalue weighted by Gasteiger charge is 2.23. The third kappa shape index (κ3) is 4.98. The summed E-state index contributed by atoms with van der Waals surface area (Å²) in [7, 11) is -0.516. The van der Waals surface area contributed by atoms with E-state index in [9.17, 15) is 21.6 Å². The number of benzene rings is 1. The first-order chi connectivity index (χ1) is 11.3. The highest BCUT2D eigenvalue weighted by molar-refractivity contribution is 7.89. The van der Waals surface area contributed by atoms with Crippen LogP contribution in [-0.4, -0.2) is 77.4 Å². The molecule has 1 aromatic rings. The van der Waals surface area contributed by atoms with Gasteiger partial charge in [-0.15, -0.1) is 0 Å². The van der Waals surface area contributed by atoms with Crippen molar-refractivity contribution >= 4 is 31.8 Å². The van der Waals surface area contributed by atoms with Crippen LogP contribution in [-0.2, 0) is 25.0 Å². The molecule has 0 unspecified atom stereocenters. The number of sulfonamides is 1. The van der Waals surface area contributed by atoms with Crippen LogP contribution >= 0.6 is 0 Å². The van der Waals surface area contributed by atoms with E-state index in [1.165, 1.54) is 47.4 Å². The summed E-state index contributed by atoms with van der Waals surface area (Å²) in [5.74, 6) is -0.574. The van der Waals surface area contributed by atoms with Crippen LogP contribution in [0.2, 0.25) is 0 Å². The Morgan fingerprint density at radius 3 is 2.04 bits per heavy atom. The van der Waals surface area contributed by atoms with Gasteiger partial charge in [0.2, 0.25) is 15.9 Å². The molecule has 9 nitrogen and oxygen atoms in total. The number of rotatable bonds is 7. The molecule has 0 spiro atoms. The van der Waals surface area contributed by atoms with Gasteiger partial charge in [-0.05, 0) is 24.6 Å². The zero-order valence-electron chi connectivity index (χ0n) is 15.1. The second kappa shape index (κ2) is 7.79. The van der Waals surface area contributed by atoms with Crippen molar-refractivity contribution in [3.63, 3.8) is 0 Å². The van der Waals surface area contributed by atoms with Crippen LogP contribution in [0.4, 0.5) is 5.69 Å². The quantitative estimate of drug-likeness (QED) is 0.699. The summed E-state index contributed by atoms with van der Waals surface area (Å²) >= 11 is 0. The Morgan fingerprint density at radius 2 is 1.56 bits per heavy atom. The minimum Gasteiger partial charge on any atom is -0.325 e. The first-order valence-corrected chi connectivity index (χ1v) is 10.1. The predicted octanol–water partition coefficient (Wildman–Crippen LogP) is -0.0780. The van der Waals surface area contributed by atoms with Gasteiger partial charge in [0.25, 0.3) is 10.2 Å². The van der Waals surface area contributed by atoms with Gasteiger partial charge >= 0.3 is 0 Å². The molecule has 0 saturated carbocycles. The molecule has 1 aromatic carbocycles. The van der Waals surface area contributed by atoms with Crippen LogP contribution in [0.25, 0.3) is 0 Å². The van der Waals surface area contributed by atoms with Crippen molar-refractivity contribution < 1.29 is 21.6 Å². The van der Waals surface area contributed by atoms with Crippen molar-refractivity contribution in [3.05, 3.63) is 23.8 Å². The summed E-state index contributed by atoms with van der Waals surface area (Å²) < 4.78 is 51.2. The number of hydrogen-bond acceptors (Lipinski definition) is 5. The first-order valence-electron chi connectivity index (χ1n) is 7.27. The number of carbonyl (C=O) groups excluding carboxylic acids is 1. The van der Waals surface area contributed by atoms with Crippen LogP contribution < -0.4 is 5.32 Å². The van der Waals surface area contributed by atoms with E-state index in [0.717, 1.165) is 12.9 Å². The molecule has 1 rings (SSSR count). The van der Waals surface area contributed by atoms with Gasteiger partial charge in [0, 0.05) is 40.9 Å². The van der Waals surface area contributed by atoms with Gasteiger partial charge < -0.3 is 5.32 Å². The highest BCUT2D eigenvalue weighted by Crippen LogP contribution is 2.22. The highest BCUT2D eigenvalue weighted by atomic mass is 32.2. The lowest BCUT2D eigenvalue weighted by Gasteiger charge is -2.21. The molecule has 11 heteroatoms.